The Labute approximate surface area is 131 Å². The van der Waals surface area contributed by atoms with Crippen molar-refractivity contribution >= 4 is 0 Å². The zero-order chi connectivity index (χ0) is 16.1. The standard InChI is InChI=1S/C19H32N2/c1-8-13-21(19(5,6)7)15-17-11-9-16(10-12-17)14-20-18(2,3)4/h8-12,20H,1,13-15H2,2-7H3. The molecule has 0 bridgehead atoms. The van der Waals surface area contributed by atoms with Gasteiger partial charge < -0.3 is 5.32 Å². The number of nitrogens with zero attached hydrogens (tertiary/aromatic N) is 1. The van der Waals surface area contributed by atoms with Crippen LogP contribution in [0.15, 0.2) is 36.9 Å². The minimum Gasteiger partial charge on any atom is -0.308 e. The summed E-state index contributed by atoms with van der Waals surface area (Å²) in [4.78, 5) is 2.43. The number of nitrogens with one attached hydrogen (secondary N) is 1. The normalized spacial score (nSPS) is 12.7. The van der Waals surface area contributed by atoms with Crippen molar-refractivity contribution in [3.8, 4) is 0 Å². The summed E-state index contributed by atoms with van der Waals surface area (Å²) in [6.07, 6.45) is 1.98. The van der Waals surface area contributed by atoms with Crippen LogP contribution in [0.5, 0.6) is 0 Å². The second-order valence-corrected chi connectivity index (χ2v) is 7.76. The summed E-state index contributed by atoms with van der Waals surface area (Å²) in [5.41, 5.74) is 3.00. The average Bonchev–Trinajstić information content (AvgIpc) is 2.35. The van der Waals surface area contributed by atoms with Gasteiger partial charge in [0, 0.05) is 30.7 Å². The second-order valence-electron chi connectivity index (χ2n) is 7.76. The fourth-order valence-electron chi connectivity index (χ4n) is 2.08. The highest BCUT2D eigenvalue weighted by Crippen LogP contribution is 2.17. The Morgan fingerprint density at radius 1 is 1.00 bits per heavy atom. The molecule has 1 aromatic carbocycles. The highest BCUT2D eigenvalue weighted by Gasteiger charge is 2.19. The third-order valence-electron chi connectivity index (χ3n) is 3.52. The first-order valence-corrected chi connectivity index (χ1v) is 7.80. The Morgan fingerprint density at radius 2 is 1.52 bits per heavy atom. The minimum atomic E-state index is 0.153. The van der Waals surface area contributed by atoms with E-state index in [-0.39, 0.29) is 11.1 Å². The molecule has 2 nitrogen and oxygen atoms in total. The smallest absolute Gasteiger partial charge is 0.0242 e. The fraction of sp³-hybridized carbons (Fsp3) is 0.579. The van der Waals surface area contributed by atoms with Gasteiger partial charge in [0.1, 0.15) is 0 Å². The Hall–Kier alpha value is -1.12. The predicted octanol–water partition coefficient (Wildman–Crippen LogP) is 4.36. The maximum atomic E-state index is 3.87. The van der Waals surface area contributed by atoms with E-state index in [1.807, 2.05) is 6.08 Å². The van der Waals surface area contributed by atoms with Gasteiger partial charge in [-0.05, 0) is 52.7 Å². The van der Waals surface area contributed by atoms with Gasteiger partial charge in [-0.2, -0.15) is 0 Å². The van der Waals surface area contributed by atoms with E-state index in [0.717, 1.165) is 19.6 Å². The molecule has 0 fully saturated rings. The summed E-state index contributed by atoms with van der Waals surface area (Å²) in [7, 11) is 0. The summed E-state index contributed by atoms with van der Waals surface area (Å²) in [5, 5.41) is 3.52. The Kier molecular flexibility index (Phi) is 6.18. The van der Waals surface area contributed by atoms with E-state index in [1.54, 1.807) is 0 Å². The first kappa shape index (κ1) is 17.9. The lowest BCUT2D eigenvalue weighted by Gasteiger charge is -2.35. The number of benzene rings is 1. The number of rotatable bonds is 6. The van der Waals surface area contributed by atoms with E-state index in [9.17, 15) is 0 Å². The molecule has 0 unspecified atom stereocenters. The monoisotopic (exact) mass is 288 g/mol. The first-order valence-electron chi connectivity index (χ1n) is 7.80. The van der Waals surface area contributed by atoms with Crippen molar-refractivity contribution in [1.82, 2.24) is 10.2 Å². The highest BCUT2D eigenvalue weighted by atomic mass is 15.2. The van der Waals surface area contributed by atoms with Crippen LogP contribution in [-0.4, -0.2) is 22.5 Å². The van der Waals surface area contributed by atoms with Crippen molar-refractivity contribution in [2.45, 2.75) is 65.7 Å². The Balaban J connectivity index is 2.67. The Morgan fingerprint density at radius 3 is 1.95 bits per heavy atom. The molecule has 0 saturated heterocycles. The van der Waals surface area contributed by atoms with E-state index < -0.39 is 0 Å². The summed E-state index contributed by atoms with van der Waals surface area (Å²) >= 11 is 0. The maximum absolute atomic E-state index is 3.87. The molecular formula is C19H32N2. The molecular weight excluding hydrogens is 256 g/mol. The highest BCUT2D eigenvalue weighted by molar-refractivity contribution is 5.22. The molecule has 0 aliphatic carbocycles. The SMILES string of the molecule is C=CCN(Cc1ccc(CNC(C)(C)C)cc1)C(C)(C)C. The summed E-state index contributed by atoms with van der Waals surface area (Å²) < 4.78 is 0. The first-order chi connectivity index (χ1) is 9.62. The van der Waals surface area contributed by atoms with Crippen LogP contribution >= 0.6 is 0 Å². The van der Waals surface area contributed by atoms with Gasteiger partial charge in [-0.1, -0.05) is 30.3 Å². The zero-order valence-electron chi connectivity index (χ0n) is 14.7. The second kappa shape index (κ2) is 7.24. The van der Waals surface area contributed by atoms with E-state index in [4.69, 9.17) is 0 Å². The van der Waals surface area contributed by atoms with Gasteiger partial charge in [-0.15, -0.1) is 6.58 Å². The fourth-order valence-corrected chi connectivity index (χ4v) is 2.08. The molecule has 0 atom stereocenters. The van der Waals surface area contributed by atoms with E-state index >= 15 is 0 Å². The quantitative estimate of drug-likeness (QED) is 0.782. The maximum Gasteiger partial charge on any atom is 0.0242 e. The summed E-state index contributed by atoms with van der Waals surface area (Å²) in [6, 6.07) is 8.93. The van der Waals surface area contributed by atoms with Crippen molar-refractivity contribution in [2.24, 2.45) is 0 Å². The van der Waals surface area contributed by atoms with Gasteiger partial charge in [0.05, 0.1) is 0 Å². The molecule has 0 aromatic heterocycles. The topological polar surface area (TPSA) is 15.3 Å². The lowest BCUT2D eigenvalue weighted by atomic mass is 10.0. The predicted molar refractivity (Wildman–Crippen MR) is 93.4 cm³/mol. The van der Waals surface area contributed by atoms with Gasteiger partial charge in [0.25, 0.3) is 0 Å². The molecule has 0 amide bonds. The molecule has 2 heteroatoms. The minimum absolute atomic E-state index is 0.153. The van der Waals surface area contributed by atoms with Crippen molar-refractivity contribution in [3.63, 3.8) is 0 Å². The molecule has 0 radical (unpaired) electrons. The van der Waals surface area contributed by atoms with E-state index in [0.29, 0.717) is 0 Å². The third-order valence-corrected chi connectivity index (χ3v) is 3.52. The summed E-state index contributed by atoms with van der Waals surface area (Å²) in [6.45, 7) is 20.0. The van der Waals surface area contributed by atoms with Crippen LogP contribution in [0.3, 0.4) is 0 Å². The van der Waals surface area contributed by atoms with Gasteiger partial charge in [-0.25, -0.2) is 0 Å². The largest absolute Gasteiger partial charge is 0.308 e. The molecule has 0 heterocycles. The number of hydrogen-bond donors (Lipinski definition) is 1. The van der Waals surface area contributed by atoms with E-state index in [2.05, 4.69) is 82.6 Å². The van der Waals surface area contributed by atoms with Crippen molar-refractivity contribution in [2.75, 3.05) is 6.54 Å². The molecule has 1 N–H and O–H groups in total. The lowest BCUT2D eigenvalue weighted by Crippen LogP contribution is -2.40. The van der Waals surface area contributed by atoms with Crippen LogP contribution in [0.1, 0.15) is 52.7 Å². The zero-order valence-corrected chi connectivity index (χ0v) is 14.7. The number of hydrogen-bond acceptors (Lipinski definition) is 2. The van der Waals surface area contributed by atoms with Crippen LogP contribution < -0.4 is 5.32 Å². The molecule has 1 rings (SSSR count). The lowest BCUT2D eigenvalue weighted by molar-refractivity contribution is 0.145. The third kappa shape index (κ3) is 6.92. The van der Waals surface area contributed by atoms with Gasteiger partial charge in [-0.3, -0.25) is 4.90 Å². The van der Waals surface area contributed by atoms with Crippen LogP contribution in [0.4, 0.5) is 0 Å². The van der Waals surface area contributed by atoms with Crippen LogP contribution in [-0.2, 0) is 13.1 Å². The average molecular weight is 288 g/mol. The molecule has 0 aliphatic heterocycles. The van der Waals surface area contributed by atoms with Gasteiger partial charge >= 0.3 is 0 Å². The summed E-state index contributed by atoms with van der Waals surface area (Å²) in [5.74, 6) is 0. The van der Waals surface area contributed by atoms with Crippen molar-refractivity contribution < 1.29 is 0 Å². The van der Waals surface area contributed by atoms with Gasteiger partial charge in [0.15, 0.2) is 0 Å². The molecule has 0 aliphatic rings. The molecule has 21 heavy (non-hydrogen) atoms. The molecule has 0 saturated carbocycles. The molecule has 118 valence electrons. The van der Waals surface area contributed by atoms with Crippen LogP contribution in [0.2, 0.25) is 0 Å². The molecule has 0 spiro atoms. The molecule has 1 aromatic rings. The van der Waals surface area contributed by atoms with Crippen molar-refractivity contribution in [1.29, 1.82) is 0 Å². The van der Waals surface area contributed by atoms with Gasteiger partial charge in [0.2, 0.25) is 0 Å². The van der Waals surface area contributed by atoms with Crippen molar-refractivity contribution in [3.05, 3.63) is 48.0 Å². The van der Waals surface area contributed by atoms with Crippen LogP contribution in [0.25, 0.3) is 0 Å². The Bertz CT molecular complexity index is 432. The van der Waals surface area contributed by atoms with Crippen LogP contribution in [0, 0.1) is 0 Å². The van der Waals surface area contributed by atoms with E-state index in [1.165, 1.54) is 11.1 Å².